The molecule has 0 radical (unpaired) electrons. The molecular weight excluding hydrogens is 580 g/mol. The number of halogens is 2. The quantitative estimate of drug-likeness (QED) is 0.246. The van der Waals surface area contributed by atoms with E-state index in [1.165, 1.54) is 24.3 Å². The third-order valence-electron chi connectivity index (χ3n) is 7.36. The fraction of sp³-hybridized carbons (Fsp3) is 0.500. The number of carboxylic acids is 1. The second-order valence-corrected chi connectivity index (χ2v) is 11.9. The van der Waals surface area contributed by atoms with Crippen LogP contribution in [-0.4, -0.2) is 60.3 Å². The molecular formula is C28H31F2NO10S. The molecule has 0 bridgehead atoms. The molecule has 1 heterocycles. The first kappa shape index (κ1) is 31.3. The summed E-state index contributed by atoms with van der Waals surface area (Å²) in [6.45, 7) is 1.43. The molecule has 2 aromatic rings. The van der Waals surface area contributed by atoms with Crippen molar-refractivity contribution in [2.45, 2.75) is 76.1 Å². The molecule has 4 rings (SSSR count). The second-order valence-electron chi connectivity index (χ2n) is 10.3. The van der Waals surface area contributed by atoms with Crippen LogP contribution >= 0.6 is 0 Å². The van der Waals surface area contributed by atoms with Crippen LogP contribution in [0.4, 0.5) is 8.78 Å². The first-order valence-electron chi connectivity index (χ1n) is 13.7. The standard InChI is InChI=1S/C28H31F2NO10S/c1-2-3-12-22(26(34)35)40-19-15-18-10-7-11-20-23(18)21(16-19)25(33)31(24(20)32)41-42(37,38)28(29,30)27(36)39-14-13-17-8-5-4-6-9-17/h7,10-11,15-17,22H,2-6,8-9,12-14H2,1H3,(H,34,35). The Morgan fingerprint density at radius 3 is 2.45 bits per heavy atom. The van der Waals surface area contributed by atoms with Gasteiger partial charge >= 0.3 is 27.3 Å². The molecule has 2 aliphatic rings. The Bertz CT molecular complexity index is 1490. The van der Waals surface area contributed by atoms with Crippen molar-refractivity contribution < 1.29 is 55.2 Å². The fourth-order valence-corrected chi connectivity index (χ4v) is 5.79. The SMILES string of the molecule is CCCCC(Oc1cc2c3c(cccc3c1)C(=O)N(OS(=O)(=O)C(F)(F)C(=O)OCCC1CCCCC1)C2=O)C(=O)O. The van der Waals surface area contributed by atoms with Gasteiger partial charge in [-0.1, -0.05) is 57.6 Å². The van der Waals surface area contributed by atoms with Crippen molar-refractivity contribution in [1.29, 1.82) is 0 Å². The third kappa shape index (κ3) is 6.38. The average Bonchev–Trinajstić information content (AvgIpc) is 2.96. The van der Waals surface area contributed by atoms with Gasteiger partial charge in [0.05, 0.1) is 17.7 Å². The van der Waals surface area contributed by atoms with Crippen molar-refractivity contribution in [3.63, 3.8) is 0 Å². The first-order chi connectivity index (χ1) is 19.9. The molecule has 14 heteroatoms. The molecule has 1 aliphatic carbocycles. The average molecular weight is 612 g/mol. The minimum Gasteiger partial charge on any atom is -0.479 e. The third-order valence-corrected chi connectivity index (χ3v) is 8.50. The van der Waals surface area contributed by atoms with Crippen LogP contribution in [-0.2, 0) is 28.7 Å². The van der Waals surface area contributed by atoms with Gasteiger partial charge in [0.1, 0.15) is 5.75 Å². The topological polar surface area (TPSA) is 154 Å². The van der Waals surface area contributed by atoms with E-state index in [4.69, 9.17) is 4.74 Å². The highest BCUT2D eigenvalue weighted by Crippen LogP contribution is 2.36. The van der Waals surface area contributed by atoms with E-state index in [-0.39, 0.29) is 51.5 Å². The number of hydroxylamine groups is 2. The van der Waals surface area contributed by atoms with Gasteiger partial charge in [0.25, 0.3) is 11.8 Å². The van der Waals surface area contributed by atoms with E-state index in [1.54, 1.807) is 0 Å². The molecule has 1 N–H and O–H groups in total. The molecule has 11 nitrogen and oxygen atoms in total. The van der Waals surface area contributed by atoms with Crippen molar-refractivity contribution in [2.24, 2.45) is 5.92 Å². The lowest BCUT2D eigenvalue weighted by Crippen LogP contribution is -2.48. The normalized spacial score (nSPS) is 16.9. The van der Waals surface area contributed by atoms with E-state index >= 15 is 0 Å². The molecule has 1 fully saturated rings. The summed E-state index contributed by atoms with van der Waals surface area (Å²) >= 11 is 0. The number of unbranched alkanes of at least 4 members (excludes halogenated alkanes) is 1. The number of carbonyl (C=O) groups is 4. The summed E-state index contributed by atoms with van der Waals surface area (Å²) in [6, 6.07) is 6.58. The minimum atomic E-state index is -6.23. The molecule has 0 aromatic heterocycles. The van der Waals surface area contributed by atoms with Gasteiger partial charge in [-0.05, 0) is 48.8 Å². The Morgan fingerprint density at radius 2 is 1.79 bits per heavy atom. The van der Waals surface area contributed by atoms with E-state index in [0.717, 1.165) is 38.2 Å². The molecule has 1 unspecified atom stereocenters. The zero-order valence-electron chi connectivity index (χ0n) is 22.8. The number of amides is 2. The molecule has 1 aliphatic heterocycles. The molecule has 1 atom stereocenters. The summed E-state index contributed by atoms with van der Waals surface area (Å²) in [5.74, 6) is -6.35. The smallest absolute Gasteiger partial charge is 0.467 e. The Balaban J connectivity index is 1.56. The Morgan fingerprint density at radius 1 is 1.10 bits per heavy atom. The maximum Gasteiger partial charge on any atom is 0.467 e. The Hall–Kier alpha value is -3.65. The summed E-state index contributed by atoms with van der Waals surface area (Å²) in [4.78, 5) is 50.1. The maximum absolute atomic E-state index is 14.8. The van der Waals surface area contributed by atoms with Gasteiger partial charge in [0.2, 0.25) is 0 Å². The Labute approximate surface area is 240 Å². The van der Waals surface area contributed by atoms with Gasteiger partial charge in [0, 0.05) is 5.39 Å². The summed E-state index contributed by atoms with van der Waals surface area (Å²) in [5, 5.41) is 4.25. The van der Waals surface area contributed by atoms with Crippen LogP contribution in [0.25, 0.3) is 10.8 Å². The first-order valence-corrected chi connectivity index (χ1v) is 15.1. The number of hydrogen-bond acceptors (Lipinski definition) is 9. The van der Waals surface area contributed by atoms with Gasteiger partial charge in [0.15, 0.2) is 6.10 Å². The second kappa shape index (κ2) is 12.7. The number of aliphatic carboxylic acids is 1. The van der Waals surface area contributed by atoms with E-state index in [1.807, 2.05) is 6.92 Å². The number of rotatable bonds is 13. The molecule has 0 spiro atoms. The summed E-state index contributed by atoms with van der Waals surface area (Å²) in [5.41, 5.74) is -0.603. The number of carbonyl (C=O) groups excluding carboxylic acids is 3. The van der Waals surface area contributed by atoms with Gasteiger partial charge in [-0.25, -0.2) is 9.59 Å². The lowest BCUT2D eigenvalue weighted by molar-refractivity contribution is -0.163. The molecule has 42 heavy (non-hydrogen) atoms. The zero-order valence-corrected chi connectivity index (χ0v) is 23.7. The highest BCUT2D eigenvalue weighted by Gasteiger charge is 2.58. The fourth-order valence-electron chi connectivity index (χ4n) is 5.11. The number of nitrogens with zero attached hydrogens (tertiary/aromatic N) is 1. The van der Waals surface area contributed by atoms with Crippen molar-refractivity contribution in [3.05, 3.63) is 41.5 Å². The van der Waals surface area contributed by atoms with Crippen LogP contribution in [0.1, 0.15) is 85.4 Å². The van der Waals surface area contributed by atoms with Crippen molar-refractivity contribution in [1.82, 2.24) is 5.06 Å². The van der Waals surface area contributed by atoms with Gasteiger partial charge in [-0.15, -0.1) is 9.35 Å². The summed E-state index contributed by atoms with van der Waals surface area (Å²) in [7, 11) is -6.23. The van der Waals surface area contributed by atoms with Crippen LogP contribution in [0, 0.1) is 5.92 Å². The number of carboxylic acid groups (broad SMARTS) is 1. The van der Waals surface area contributed by atoms with Crippen LogP contribution in [0.5, 0.6) is 5.75 Å². The van der Waals surface area contributed by atoms with Crippen molar-refractivity contribution in [2.75, 3.05) is 6.61 Å². The number of alkyl halides is 2. The highest BCUT2D eigenvalue weighted by molar-refractivity contribution is 7.88. The lowest BCUT2D eigenvalue weighted by atomic mass is 9.87. The predicted octanol–water partition coefficient (Wildman–Crippen LogP) is 4.83. The van der Waals surface area contributed by atoms with Crippen LogP contribution in [0.3, 0.4) is 0 Å². The number of esters is 1. The number of imide groups is 1. The van der Waals surface area contributed by atoms with E-state index < -0.39 is 51.8 Å². The molecule has 0 saturated heterocycles. The monoisotopic (exact) mass is 611 g/mol. The lowest BCUT2D eigenvalue weighted by Gasteiger charge is -2.27. The van der Waals surface area contributed by atoms with Crippen LogP contribution in [0.2, 0.25) is 0 Å². The van der Waals surface area contributed by atoms with Gasteiger partial charge in [-0.3, -0.25) is 9.59 Å². The van der Waals surface area contributed by atoms with Crippen LogP contribution in [0.15, 0.2) is 30.3 Å². The minimum absolute atomic E-state index is 0.0615. The predicted molar refractivity (Wildman–Crippen MR) is 143 cm³/mol. The summed E-state index contributed by atoms with van der Waals surface area (Å²) < 4.78 is 69.1. The van der Waals surface area contributed by atoms with Gasteiger partial charge in [-0.2, -0.15) is 17.2 Å². The zero-order chi connectivity index (χ0) is 30.7. The van der Waals surface area contributed by atoms with Crippen molar-refractivity contribution >= 4 is 44.6 Å². The van der Waals surface area contributed by atoms with Crippen LogP contribution < -0.4 is 4.74 Å². The summed E-state index contributed by atoms with van der Waals surface area (Å²) in [6.07, 6.45) is 5.11. The Kier molecular flexibility index (Phi) is 9.46. The number of hydrogen-bond donors (Lipinski definition) is 1. The largest absolute Gasteiger partial charge is 0.479 e. The van der Waals surface area contributed by atoms with E-state index in [2.05, 4.69) is 9.02 Å². The number of benzene rings is 2. The van der Waals surface area contributed by atoms with E-state index in [0.29, 0.717) is 12.8 Å². The van der Waals surface area contributed by atoms with Crippen molar-refractivity contribution in [3.8, 4) is 5.75 Å². The maximum atomic E-state index is 14.8. The highest BCUT2D eigenvalue weighted by atomic mass is 32.2. The molecule has 2 amide bonds. The molecule has 1 saturated carbocycles. The number of ether oxygens (including phenoxy) is 2. The molecule has 2 aromatic carbocycles. The van der Waals surface area contributed by atoms with E-state index in [9.17, 15) is 41.5 Å². The molecule has 228 valence electrons. The van der Waals surface area contributed by atoms with Gasteiger partial charge < -0.3 is 14.6 Å².